The van der Waals surface area contributed by atoms with Gasteiger partial charge in [0.05, 0.1) is 30.1 Å². The van der Waals surface area contributed by atoms with Crippen molar-refractivity contribution in [1.29, 1.82) is 0 Å². The Hall–Kier alpha value is -2.44. The van der Waals surface area contributed by atoms with Gasteiger partial charge in [-0.25, -0.2) is 9.18 Å². The summed E-state index contributed by atoms with van der Waals surface area (Å²) in [6, 6.07) is 5.43. The number of benzene rings is 1. The second-order valence-corrected chi connectivity index (χ2v) is 4.12. The zero-order valence-corrected chi connectivity index (χ0v) is 10.7. The van der Waals surface area contributed by atoms with Gasteiger partial charge < -0.3 is 4.74 Å². The molecule has 0 bridgehead atoms. The van der Waals surface area contributed by atoms with E-state index in [2.05, 4.69) is 9.72 Å². The molecule has 110 valence electrons. The number of hydrogen-bond donors (Lipinski definition) is 0. The molecule has 0 amide bonds. The van der Waals surface area contributed by atoms with Crippen molar-refractivity contribution in [2.24, 2.45) is 0 Å². The first-order valence-corrected chi connectivity index (χ1v) is 5.74. The summed E-state index contributed by atoms with van der Waals surface area (Å²) in [5.74, 6) is -1.83. The third-order valence-corrected chi connectivity index (χ3v) is 2.75. The van der Waals surface area contributed by atoms with Gasteiger partial charge in [-0.1, -0.05) is 12.1 Å². The summed E-state index contributed by atoms with van der Waals surface area (Å²) in [5, 5.41) is 0. The Balaban J connectivity index is 2.50. The van der Waals surface area contributed by atoms with Crippen molar-refractivity contribution in [3.05, 3.63) is 53.5 Å². The fourth-order valence-corrected chi connectivity index (χ4v) is 1.72. The second kappa shape index (κ2) is 5.51. The van der Waals surface area contributed by atoms with E-state index in [1.165, 1.54) is 12.1 Å². The van der Waals surface area contributed by atoms with E-state index >= 15 is 0 Å². The third-order valence-electron chi connectivity index (χ3n) is 2.75. The van der Waals surface area contributed by atoms with Crippen LogP contribution in [0.3, 0.4) is 0 Å². The standard InChI is InChI=1S/C14H9F4NO2/c1-21-13(20)10-6-12(19-7-11(10)15)8-3-2-4-9(5-8)14(16,17)18/h2-7H,1H3. The number of methoxy groups -OCH3 is 1. The van der Waals surface area contributed by atoms with Crippen LogP contribution in [0.1, 0.15) is 15.9 Å². The van der Waals surface area contributed by atoms with Crippen molar-refractivity contribution in [2.45, 2.75) is 6.18 Å². The molecule has 1 aromatic carbocycles. The maximum atomic E-state index is 13.4. The first-order valence-electron chi connectivity index (χ1n) is 5.74. The minimum absolute atomic E-state index is 0.0444. The topological polar surface area (TPSA) is 39.2 Å². The van der Waals surface area contributed by atoms with Crippen LogP contribution in [0.15, 0.2) is 36.5 Å². The molecule has 0 aliphatic rings. The minimum Gasteiger partial charge on any atom is -0.465 e. The first kappa shape index (κ1) is 15.0. The van der Waals surface area contributed by atoms with E-state index in [-0.39, 0.29) is 16.8 Å². The van der Waals surface area contributed by atoms with Gasteiger partial charge in [-0.05, 0) is 18.2 Å². The van der Waals surface area contributed by atoms with Crippen molar-refractivity contribution in [3.8, 4) is 11.3 Å². The maximum absolute atomic E-state index is 13.4. The SMILES string of the molecule is COC(=O)c1cc(-c2cccc(C(F)(F)F)c2)ncc1F. The number of ether oxygens (including phenoxy) is 1. The van der Waals surface area contributed by atoms with Crippen molar-refractivity contribution < 1.29 is 27.1 Å². The molecule has 7 heteroatoms. The number of rotatable bonds is 2. The molecule has 3 nitrogen and oxygen atoms in total. The van der Waals surface area contributed by atoms with Gasteiger partial charge >= 0.3 is 12.1 Å². The van der Waals surface area contributed by atoms with Crippen LogP contribution in [0.5, 0.6) is 0 Å². The van der Waals surface area contributed by atoms with E-state index in [9.17, 15) is 22.4 Å². The number of nitrogens with zero attached hydrogens (tertiary/aromatic N) is 1. The van der Waals surface area contributed by atoms with E-state index in [1.807, 2.05) is 0 Å². The van der Waals surface area contributed by atoms with Crippen molar-refractivity contribution >= 4 is 5.97 Å². The quantitative estimate of drug-likeness (QED) is 0.627. The average molecular weight is 299 g/mol. The summed E-state index contributed by atoms with van der Waals surface area (Å²) in [6.45, 7) is 0. The Kier molecular flexibility index (Phi) is 3.93. The van der Waals surface area contributed by atoms with Gasteiger partial charge in [0.2, 0.25) is 0 Å². The van der Waals surface area contributed by atoms with Crippen LogP contribution in [0.2, 0.25) is 0 Å². The predicted octanol–water partition coefficient (Wildman–Crippen LogP) is 3.69. The molecule has 0 spiro atoms. The van der Waals surface area contributed by atoms with Crippen LogP contribution in [0.4, 0.5) is 17.6 Å². The van der Waals surface area contributed by atoms with Crippen LogP contribution in [0.25, 0.3) is 11.3 Å². The second-order valence-electron chi connectivity index (χ2n) is 4.12. The zero-order valence-electron chi connectivity index (χ0n) is 10.7. The van der Waals surface area contributed by atoms with Gasteiger partial charge in [0.15, 0.2) is 5.82 Å². The van der Waals surface area contributed by atoms with Crippen LogP contribution in [-0.2, 0) is 10.9 Å². The number of alkyl halides is 3. The smallest absolute Gasteiger partial charge is 0.416 e. The van der Waals surface area contributed by atoms with Crippen LogP contribution in [0, 0.1) is 5.82 Å². The molecule has 2 aromatic rings. The fraction of sp³-hybridized carbons (Fsp3) is 0.143. The maximum Gasteiger partial charge on any atom is 0.416 e. The monoisotopic (exact) mass is 299 g/mol. The van der Waals surface area contributed by atoms with Crippen molar-refractivity contribution in [3.63, 3.8) is 0 Å². The zero-order chi connectivity index (χ0) is 15.6. The van der Waals surface area contributed by atoms with Crippen molar-refractivity contribution in [1.82, 2.24) is 4.98 Å². The molecule has 0 fully saturated rings. The van der Waals surface area contributed by atoms with Gasteiger partial charge in [-0.3, -0.25) is 4.98 Å². The largest absolute Gasteiger partial charge is 0.465 e. The molecule has 0 aliphatic carbocycles. The Morgan fingerprint density at radius 3 is 2.57 bits per heavy atom. The summed E-state index contributed by atoms with van der Waals surface area (Å²) >= 11 is 0. The lowest BCUT2D eigenvalue weighted by Gasteiger charge is -2.09. The molecular weight excluding hydrogens is 290 g/mol. The number of hydrogen-bond acceptors (Lipinski definition) is 3. The lowest BCUT2D eigenvalue weighted by molar-refractivity contribution is -0.137. The summed E-state index contributed by atoms with van der Waals surface area (Å²) in [7, 11) is 1.08. The number of esters is 1. The molecule has 1 aromatic heterocycles. The summed E-state index contributed by atoms with van der Waals surface area (Å²) in [4.78, 5) is 15.1. The molecule has 0 saturated heterocycles. The third kappa shape index (κ3) is 3.18. The van der Waals surface area contributed by atoms with E-state index in [1.54, 1.807) is 0 Å². The highest BCUT2D eigenvalue weighted by atomic mass is 19.4. The summed E-state index contributed by atoms with van der Waals surface area (Å²) < 4.78 is 55.8. The number of pyridine rings is 1. The van der Waals surface area contributed by atoms with E-state index in [0.717, 1.165) is 31.5 Å². The molecule has 21 heavy (non-hydrogen) atoms. The molecule has 0 saturated carbocycles. The van der Waals surface area contributed by atoms with Gasteiger partial charge in [0.1, 0.15) is 0 Å². The predicted molar refractivity (Wildman–Crippen MR) is 66.0 cm³/mol. The number of halogens is 4. The molecule has 0 atom stereocenters. The number of aromatic nitrogens is 1. The Morgan fingerprint density at radius 2 is 1.95 bits per heavy atom. The Labute approximate surface area is 117 Å². The van der Waals surface area contributed by atoms with Gasteiger partial charge in [0.25, 0.3) is 0 Å². The average Bonchev–Trinajstić information content (AvgIpc) is 2.46. The Morgan fingerprint density at radius 1 is 1.24 bits per heavy atom. The molecule has 1 heterocycles. The van der Waals surface area contributed by atoms with Crippen LogP contribution >= 0.6 is 0 Å². The normalized spacial score (nSPS) is 11.3. The summed E-state index contributed by atoms with van der Waals surface area (Å²) in [5.41, 5.74) is -1.08. The highest BCUT2D eigenvalue weighted by Gasteiger charge is 2.30. The summed E-state index contributed by atoms with van der Waals surface area (Å²) in [6.07, 6.45) is -3.73. The van der Waals surface area contributed by atoms with E-state index < -0.39 is 23.5 Å². The molecular formula is C14H9F4NO2. The highest BCUT2D eigenvalue weighted by molar-refractivity contribution is 5.90. The molecule has 0 radical (unpaired) electrons. The number of carbonyl (C=O) groups excluding carboxylic acids is 1. The van der Waals surface area contributed by atoms with Crippen LogP contribution in [-0.4, -0.2) is 18.1 Å². The Bertz CT molecular complexity index is 683. The molecule has 0 aliphatic heterocycles. The van der Waals surface area contributed by atoms with Gasteiger partial charge in [-0.15, -0.1) is 0 Å². The molecule has 0 N–H and O–H groups in total. The van der Waals surface area contributed by atoms with E-state index in [4.69, 9.17) is 0 Å². The fourth-order valence-electron chi connectivity index (χ4n) is 1.72. The molecule has 2 rings (SSSR count). The molecule has 0 unspecified atom stereocenters. The first-order chi connectivity index (χ1) is 9.82. The lowest BCUT2D eigenvalue weighted by Crippen LogP contribution is -2.06. The van der Waals surface area contributed by atoms with Crippen molar-refractivity contribution in [2.75, 3.05) is 7.11 Å². The number of carbonyl (C=O) groups is 1. The van der Waals surface area contributed by atoms with E-state index in [0.29, 0.717) is 0 Å². The lowest BCUT2D eigenvalue weighted by atomic mass is 10.1. The van der Waals surface area contributed by atoms with Gasteiger partial charge in [-0.2, -0.15) is 13.2 Å². The van der Waals surface area contributed by atoms with Gasteiger partial charge in [0, 0.05) is 5.56 Å². The highest BCUT2D eigenvalue weighted by Crippen LogP contribution is 2.32. The minimum atomic E-state index is -4.50. The van der Waals surface area contributed by atoms with Crippen LogP contribution < -0.4 is 0 Å².